The van der Waals surface area contributed by atoms with Crippen LogP contribution in [0.15, 0.2) is 0 Å². The van der Waals surface area contributed by atoms with Crippen LogP contribution in [0.5, 0.6) is 0 Å². The average Bonchev–Trinajstić information content (AvgIpc) is 2.74. The summed E-state index contributed by atoms with van der Waals surface area (Å²) in [4.78, 5) is 19.7. The topological polar surface area (TPSA) is 45.2 Å². The molecule has 0 atom stereocenters. The fourth-order valence-corrected chi connectivity index (χ4v) is 3.53. The van der Waals surface area contributed by atoms with Crippen molar-refractivity contribution in [3.8, 4) is 0 Å². The quantitative estimate of drug-likeness (QED) is 0.928. The highest BCUT2D eigenvalue weighted by atomic mass is 32.1. The van der Waals surface area contributed by atoms with Crippen LogP contribution >= 0.6 is 11.3 Å². The highest BCUT2D eigenvalue weighted by Crippen LogP contribution is 2.18. The van der Waals surface area contributed by atoms with Crippen molar-refractivity contribution in [1.82, 2.24) is 15.2 Å². The zero-order valence-corrected chi connectivity index (χ0v) is 13.7. The standard InChI is InChI=1S/C15H25N3OS/c1-10(2)15(19)18-7-5-13(6-8-18)16-9-14-11(3)17-12(4)20-14/h10,13,16H,5-9H2,1-4H3. The molecule has 1 aromatic heterocycles. The largest absolute Gasteiger partial charge is 0.342 e. The lowest BCUT2D eigenvalue weighted by atomic mass is 10.0. The van der Waals surface area contributed by atoms with Crippen LogP contribution in [0.25, 0.3) is 0 Å². The van der Waals surface area contributed by atoms with Gasteiger partial charge in [-0.3, -0.25) is 4.79 Å². The fourth-order valence-electron chi connectivity index (χ4n) is 2.64. The van der Waals surface area contributed by atoms with E-state index in [1.165, 1.54) is 4.88 Å². The molecular formula is C15H25N3OS. The number of carbonyl (C=O) groups excluding carboxylic acids is 1. The van der Waals surface area contributed by atoms with E-state index in [0.29, 0.717) is 6.04 Å². The minimum atomic E-state index is 0.113. The minimum Gasteiger partial charge on any atom is -0.342 e. The summed E-state index contributed by atoms with van der Waals surface area (Å²) in [6, 6.07) is 0.521. The van der Waals surface area contributed by atoms with Gasteiger partial charge in [0.05, 0.1) is 10.7 Å². The van der Waals surface area contributed by atoms with Gasteiger partial charge in [-0.05, 0) is 26.7 Å². The fraction of sp³-hybridized carbons (Fsp3) is 0.733. The van der Waals surface area contributed by atoms with E-state index in [4.69, 9.17) is 0 Å². The number of carbonyl (C=O) groups is 1. The summed E-state index contributed by atoms with van der Waals surface area (Å²) in [5.74, 6) is 0.403. The van der Waals surface area contributed by atoms with E-state index in [9.17, 15) is 4.79 Å². The van der Waals surface area contributed by atoms with Crippen LogP contribution in [-0.4, -0.2) is 34.9 Å². The summed E-state index contributed by atoms with van der Waals surface area (Å²) in [6.07, 6.45) is 2.10. The number of rotatable bonds is 4. The van der Waals surface area contributed by atoms with Gasteiger partial charge < -0.3 is 10.2 Å². The molecule has 1 aromatic rings. The van der Waals surface area contributed by atoms with Gasteiger partial charge in [0.1, 0.15) is 0 Å². The number of thiazole rings is 1. The van der Waals surface area contributed by atoms with Gasteiger partial charge in [0.2, 0.25) is 5.91 Å². The van der Waals surface area contributed by atoms with Crippen molar-refractivity contribution in [2.75, 3.05) is 13.1 Å². The number of piperidine rings is 1. The molecule has 0 spiro atoms. The maximum Gasteiger partial charge on any atom is 0.225 e. The Morgan fingerprint density at radius 3 is 2.55 bits per heavy atom. The first-order valence-corrected chi connectivity index (χ1v) is 8.24. The molecule has 1 saturated heterocycles. The Bertz CT molecular complexity index is 462. The molecule has 1 N–H and O–H groups in total. The van der Waals surface area contributed by atoms with Crippen molar-refractivity contribution in [2.24, 2.45) is 5.92 Å². The molecule has 0 unspecified atom stereocenters. The van der Waals surface area contributed by atoms with Gasteiger partial charge >= 0.3 is 0 Å². The number of likely N-dealkylation sites (tertiary alicyclic amines) is 1. The summed E-state index contributed by atoms with van der Waals surface area (Å²) in [6.45, 7) is 10.7. The third-order valence-corrected chi connectivity index (χ3v) is 4.92. The zero-order valence-electron chi connectivity index (χ0n) is 12.9. The minimum absolute atomic E-state index is 0.113. The number of aryl methyl sites for hydroxylation is 2. The number of nitrogens with zero attached hydrogens (tertiary/aromatic N) is 2. The summed E-state index contributed by atoms with van der Waals surface area (Å²) in [5, 5.41) is 4.75. The van der Waals surface area contributed by atoms with Gasteiger partial charge in [-0.25, -0.2) is 4.98 Å². The van der Waals surface area contributed by atoms with Crippen molar-refractivity contribution in [1.29, 1.82) is 0 Å². The van der Waals surface area contributed by atoms with Crippen LogP contribution in [0.1, 0.15) is 42.3 Å². The third-order valence-electron chi connectivity index (χ3n) is 3.85. The van der Waals surface area contributed by atoms with E-state index >= 15 is 0 Å². The van der Waals surface area contributed by atoms with Crippen molar-refractivity contribution in [3.05, 3.63) is 15.6 Å². The Morgan fingerprint density at radius 2 is 2.05 bits per heavy atom. The van der Waals surface area contributed by atoms with Gasteiger partial charge in [0.25, 0.3) is 0 Å². The average molecular weight is 295 g/mol. The van der Waals surface area contributed by atoms with Gasteiger partial charge in [0.15, 0.2) is 0 Å². The van der Waals surface area contributed by atoms with E-state index in [1.807, 2.05) is 18.7 Å². The maximum absolute atomic E-state index is 11.9. The second-order valence-corrected chi connectivity index (χ2v) is 7.16. The molecule has 1 aliphatic heterocycles. The first-order chi connectivity index (χ1) is 9.47. The molecule has 0 aliphatic carbocycles. The molecule has 0 bridgehead atoms. The zero-order chi connectivity index (χ0) is 14.7. The highest BCUT2D eigenvalue weighted by Gasteiger charge is 2.24. The Kier molecular flexibility index (Phi) is 5.16. The molecule has 0 saturated carbocycles. The molecule has 1 aliphatic rings. The van der Waals surface area contributed by atoms with Crippen LogP contribution in [0.4, 0.5) is 0 Å². The summed E-state index contributed by atoms with van der Waals surface area (Å²) in [5.41, 5.74) is 1.15. The Morgan fingerprint density at radius 1 is 1.40 bits per heavy atom. The molecule has 20 heavy (non-hydrogen) atoms. The molecule has 2 rings (SSSR count). The van der Waals surface area contributed by atoms with E-state index < -0.39 is 0 Å². The SMILES string of the molecule is Cc1nc(C)c(CNC2CCN(C(=O)C(C)C)CC2)s1. The lowest BCUT2D eigenvalue weighted by Crippen LogP contribution is -2.45. The molecule has 5 heteroatoms. The van der Waals surface area contributed by atoms with Crippen LogP contribution in [0.3, 0.4) is 0 Å². The van der Waals surface area contributed by atoms with Crippen molar-refractivity contribution >= 4 is 17.2 Å². The van der Waals surface area contributed by atoms with Crippen molar-refractivity contribution in [3.63, 3.8) is 0 Å². The molecule has 112 valence electrons. The van der Waals surface area contributed by atoms with E-state index in [1.54, 1.807) is 11.3 Å². The lowest BCUT2D eigenvalue weighted by Gasteiger charge is -2.33. The maximum atomic E-state index is 11.9. The number of nitrogens with one attached hydrogen (secondary N) is 1. The monoisotopic (exact) mass is 295 g/mol. The van der Waals surface area contributed by atoms with E-state index in [0.717, 1.165) is 43.2 Å². The molecule has 1 amide bonds. The number of aromatic nitrogens is 1. The molecule has 2 heterocycles. The van der Waals surface area contributed by atoms with Gasteiger partial charge in [-0.1, -0.05) is 13.8 Å². The predicted octanol–water partition coefficient (Wildman–Crippen LogP) is 2.50. The molecule has 1 fully saturated rings. The summed E-state index contributed by atoms with van der Waals surface area (Å²) < 4.78 is 0. The molecule has 4 nitrogen and oxygen atoms in total. The highest BCUT2D eigenvalue weighted by molar-refractivity contribution is 7.11. The number of hydrogen-bond donors (Lipinski definition) is 1. The third kappa shape index (κ3) is 3.79. The van der Waals surface area contributed by atoms with Crippen LogP contribution in [0, 0.1) is 19.8 Å². The summed E-state index contributed by atoms with van der Waals surface area (Å²) in [7, 11) is 0. The normalized spacial score (nSPS) is 16.9. The van der Waals surface area contributed by atoms with Crippen molar-refractivity contribution < 1.29 is 4.79 Å². The van der Waals surface area contributed by atoms with Crippen LogP contribution < -0.4 is 5.32 Å². The summed E-state index contributed by atoms with van der Waals surface area (Å²) >= 11 is 1.77. The molecular weight excluding hydrogens is 270 g/mol. The first-order valence-electron chi connectivity index (χ1n) is 7.42. The predicted molar refractivity (Wildman–Crippen MR) is 82.9 cm³/mol. The van der Waals surface area contributed by atoms with Crippen LogP contribution in [-0.2, 0) is 11.3 Å². The Hall–Kier alpha value is -0.940. The van der Waals surface area contributed by atoms with Crippen LogP contribution in [0.2, 0.25) is 0 Å². The Balaban J connectivity index is 1.77. The van der Waals surface area contributed by atoms with Gasteiger partial charge in [0, 0.05) is 36.5 Å². The van der Waals surface area contributed by atoms with Crippen molar-refractivity contribution in [2.45, 2.75) is 53.1 Å². The second-order valence-electron chi connectivity index (χ2n) is 5.88. The van der Waals surface area contributed by atoms with Gasteiger partial charge in [-0.2, -0.15) is 0 Å². The van der Waals surface area contributed by atoms with Gasteiger partial charge in [-0.15, -0.1) is 11.3 Å². The number of amides is 1. The first kappa shape index (κ1) is 15.4. The number of hydrogen-bond acceptors (Lipinski definition) is 4. The second kappa shape index (κ2) is 6.68. The Labute approximate surface area is 125 Å². The van der Waals surface area contributed by atoms with E-state index in [2.05, 4.69) is 24.1 Å². The lowest BCUT2D eigenvalue weighted by molar-refractivity contribution is -0.135. The molecule has 0 aromatic carbocycles. The van der Waals surface area contributed by atoms with E-state index in [-0.39, 0.29) is 11.8 Å². The molecule has 0 radical (unpaired) electrons. The smallest absolute Gasteiger partial charge is 0.225 e.